The lowest BCUT2D eigenvalue weighted by molar-refractivity contribution is -0.148. The highest BCUT2D eigenvalue weighted by Gasteiger charge is 2.46. The molecule has 134 valence electrons. The molecule has 1 aromatic rings. The van der Waals surface area contributed by atoms with Crippen LogP contribution in [0.1, 0.15) is 24.0 Å². The molecule has 7 heteroatoms. The molecule has 2 saturated heterocycles. The largest absolute Gasteiger partial charge is 0.479 e. The number of benzene rings is 1. The summed E-state index contributed by atoms with van der Waals surface area (Å²) in [7, 11) is 0. The van der Waals surface area contributed by atoms with E-state index in [0.717, 1.165) is 11.1 Å². The van der Waals surface area contributed by atoms with Crippen LogP contribution in [0.15, 0.2) is 24.3 Å². The van der Waals surface area contributed by atoms with E-state index in [1.54, 1.807) is 4.90 Å². The SMILES string of the molecule is Cc1ccc(CN2CC(C(=O)NC3(C(=O)O)CCOC3)CC2=O)cc1. The first-order chi connectivity index (χ1) is 11.9. The highest BCUT2D eigenvalue weighted by Crippen LogP contribution is 2.24. The van der Waals surface area contributed by atoms with E-state index in [1.807, 2.05) is 31.2 Å². The minimum absolute atomic E-state index is 0.0399. The van der Waals surface area contributed by atoms with Gasteiger partial charge in [-0.3, -0.25) is 9.59 Å². The number of ether oxygens (including phenoxy) is 1. The van der Waals surface area contributed by atoms with E-state index in [0.29, 0.717) is 19.7 Å². The molecule has 0 bridgehead atoms. The molecule has 2 aliphatic rings. The highest BCUT2D eigenvalue weighted by molar-refractivity contribution is 5.93. The summed E-state index contributed by atoms with van der Waals surface area (Å²) in [4.78, 5) is 37.9. The number of carbonyl (C=O) groups is 3. The van der Waals surface area contributed by atoms with Crippen LogP contribution in [0, 0.1) is 12.8 Å². The lowest BCUT2D eigenvalue weighted by Gasteiger charge is -2.25. The van der Waals surface area contributed by atoms with Crippen LogP contribution in [0.4, 0.5) is 0 Å². The molecule has 2 unspecified atom stereocenters. The minimum Gasteiger partial charge on any atom is -0.479 e. The third kappa shape index (κ3) is 3.66. The maximum atomic E-state index is 12.5. The molecule has 2 N–H and O–H groups in total. The molecule has 2 fully saturated rings. The average Bonchev–Trinajstić information content (AvgIpc) is 3.18. The Morgan fingerprint density at radius 1 is 1.36 bits per heavy atom. The molecule has 25 heavy (non-hydrogen) atoms. The fourth-order valence-corrected chi connectivity index (χ4v) is 3.24. The summed E-state index contributed by atoms with van der Waals surface area (Å²) in [6.45, 7) is 3.01. The number of nitrogens with zero attached hydrogens (tertiary/aromatic N) is 1. The molecule has 3 rings (SSSR count). The lowest BCUT2D eigenvalue weighted by atomic mass is 9.97. The molecule has 0 radical (unpaired) electrons. The fourth-order valence-electron chi connectivity index (χ4n) is 3.24. The van der Waals surface area contributed by atoms with Crippen molar-refractivity contribution in [2.75, 3.05) is 19.8 Å². The molecule has 2 heterocycles. The highest BCUT2D eigenvalue weighted by atomic mass is 16.5. The number of nitrogens with one attached hydrogen (secondary N) is 1. The van der Waals surface area contributed by atoms with Gasteiger partial charge in [0.15, 0.2) is 5.54 Å². The van der Waals surface area contributed by atoms with E-state index in [9.17, 15) is 19.5 Å². The van der Waals surface area contributed by atoms with Crippen molar-refractivity contribution in [3.8, 4) is 0 Å². The summed E-state index contributed by atoms with van der Waals surface area (Å²) in [6.07, 6.45) is 0.343. The molecule has 0 aliphatic carbocycles. The standard InChI is InChI=1S/C18H22N2O5/c1-12-2-4-13(5-3-12)9-20-10-14(8-15(20)21)16(22)19-18(17(23)24)6-7-25-11-18/h2-5,14H,6-11H2,1H3,(H,19,22)(H,23,24). The zero-order valence-corrected chi connectivity index (χ0v) is 14.2. The summed E-state index contributed by atoms with van der Waals surface area (Å²) in [6, 6.07) is 7.89. The summed E-state index contributed by atoms with van der Waals surface area (Å²) in [5.41, 5.74) is 0.780. The number of hydrogen-bond acceptors (Lipinski definition) is 4. The summed E-state index contributed by atoms with van der Waals surface area (Å²) >= 11 is 0. The van der Waals surface area contributed by atoms with Gasteiger partial charge in [-0.15, -0.1) is 0 Å². The molecule has 0 aromatic heterocycles. The van der Waals surface area contributed by atoms with Crippen molar-refractivity contribution in [3.63, 3.8) is 0 Å². The number of carboxylic acids is 1. The second-order valence-corrected chi connectivity index (χ2v) is 6.84. The molecule has 2 atom stereocenters. The van der Waals surface area contributed by atoms with Gasteiger partial charge in [0.25, 0.3) is 0 Å². The Kier molecular flexibility index (Phi) is 4.76. The van der Waals surface area contributed by atoms with Gasteiger partial charge in [-0.05, 0) is 12.5 Å². The number of hydrogen-bond donors (Lipinski definition) is 2. The number of likely N-dealkylation sites (tertiary alicyclic amines) is 1. The van der Waals surface area contributed by atoms with Crippen LogP contribution in [0.2, 0.25) is 0 Å². The Hall–Kier alpha value is -2.41. The topological polar surface area (TPSA) is 95.9 Å². The maximum absolute atomic E-state index is 12.5. The van der Waals surface area contributed by atoms with Crippen molar-refractivity contribution in [2.45, 2.75) is 31.8 Å². The van der Waals surface area contributed by atoms with Crippen molar-refractivity contribution in [1.29, 1.82) is 0 Å². The average molecular weight is 346 g/mol. The van der Waals surface area contributed by atoms with Crippen molar-refractivity contribution < 1.29 is 24.2 Å². The van der Waals surface area contributed by atoms with Gasteiger partial charge in [0.05, 0.1) is 12.5 Å². The number of carbonyl (C=O) groups excluding carboxylic acids is 2. The monoisotopic (exact) mass is 346 g/mol. The smallest absolute Gasteiger partial charge is 0.331 e. The predicted octanol–water partition coefficient (Wildman–Crippen LogP) is 0.703. The number of carboxylic acid groups (broad SMARTS) is 1. The van der Waals surface area contributed by atoms with Crippen LogP contribution in [-0.2, 0) is 25.7 Å². The molecule has 2 amide bonds. The molecule has 0 spiro atoms. The molecule has 7 nitrogen and oxygen atoms in total. The Labute approximate surface area is 146 Å². The predicted molar refractivity (Wildman–Crippen MR) is 88.6 cm³/mol. The number of amides is 2. The maximum Gasteiger partial charge on any atom is 0.331 e. The third-order valence-corrected chi connectivity index (χ3v) is 4.87. The van der Waals surface area contributed by atoms with Gasteiger partial charge in [-0.25, -0.2) is 4.79 Å². The fraction of sp³-hybridized carbons (Fsp3) is 0.500. The minimum atomic E-state index is -1.37. The zero-order chi connectivity index (χ0) is 18.0. The van der Waals surface area contributed by atoms with E-state index in [2.05, 4.69) is 5.32 Å². The van der Waals surface area contributed by atoms with Gasteiger partial charge >= 0.3 is 5.97 Å². The zero-order valence-electron chi connectivity index (χ0n) is 14.2. The number of rotatable bonds is 5. The first kappa shape index (κ1) is 17.4. The normalized spacial score (nSPS) is 26.0. The van der Waals surface area contributed by atoms with Gasteiger partial charge in [0.1, 0.15) is 0 Å². The van der Waals surface area contributed by atoms with E-state index >= 15 is 0 Å². The lowest BCUT2D eigenvalue weighted by Crippen LogP contribution is -2.56. The van der Waals surface area contributed by atoms with E-state index < -0.39 is 23.3 Å². The van der Waals surface area contributed by atoms with Gasteiger partial charge < -0.3 is 20.1 Å². The van der Waals surface area contributed by atoms with Gasteiger partial charge in [0.2, 0.25) is 11.8 Å². The van der Waals surface area contributed by atoms with Crippen molar-refractivity contribution in [2.24, 2.45) is 5.92 Å². The van der Waals surface area contributed by atoms with E-state index in [1.165, 1.54) is 0 Å². The van der Waals surface area contributed by atoms with Gasteiger partial charge in [-0.1, -0.05) is 29.8 Å². The second-order valence-electron chi connectivity index (χ2n) is 6.84. The Balaban J connectivity index is 1.62. The Morgan fingerprint density at radius 3 is 2.68 bits per heavy atom. The van der Waals surface area contributed by atoms with E-state index in [-0.39, 0.29) is 25.4 Å². The van der Waals surface area contributed by atoms with Crippen molar-refractivity contribution in [1.82, 2.24) is 10.2 Å². The summed E-state index contributed by atoms with van der Waals surface area (Å²) in [5, 5.41) is 12.0. The molecular weight excluding hydrogens is 324 g/mol. The molecule has 0 saturated carbocycles. The summed E-state index contributed by atoms with van der Waals surface area (Å²) in [5.74, 6) is -2.12. The van der Waals surface area contributed by atoms with Crippen LogP contribution < -0.4 is 5.32 Å². The molecule has 1 aromatic carbocycles. The first-order valence-corrected chi connectivity index (χ1v) is 8.36. The van der Waals surface area contributed by atoms with Crippen LogP contribution in [0.25, 0.3) is 0 Å². The Bertz CT molecular complexity index is 679. The molecular formula is C18H22N2O5. The van der Waals surface area contributed by atoms with E-state index in [4.69, 9.17) is 4.74 Å². The van der Waals surface area contributed by atoms with Crippen LogP contribution in [0.3, 0.4) is 0 Å². The van der Waals surface area contributed by atoms with Gasteiger partial charge in [0, 0.05) is 32.5 Å². The van der Waals surface area contributed by atoms with Crippen LogP contribution in [0.5, 0.6) is 0 Å². The number of aliphatic carboxylic acids is 1. The number of aryl methyl sites for hydroxylation is 1. The van der Waals surface area contributed by atoms with Crippen molar-refractivity contribution in [3.05, 3.63) is 35.4 Å². The quantitative estimate of drug-likeness (QED) is 0.818. The third-order valence-electron chi connectivity index (χ3n) is 4.87. The van der Waals surface area contributed by atoms with Crippen molar-refractivity contribution >= 4 is 17.8 Å². The summed E-state index contributed by atoms with van der Waals surface area (Å²) < 4.78 is 5.14. The first-order valence-electron chi connectivity index (χ1n) is 8.36. The van der Waals surface area contributed by atoms with Crippen LogP contribution in [-0.4, -0.2) is 53.1 Å². The van der Waals surface area contributed by atoms with Gasteiger partial charge in [-0.2, -0.15) is 0 Å². The second kappa shape index (κ2) is 6.84. The Morgan fingerprint density at radius 2 is 2.08 bits per heavy atom. The van der Waals surface area contributed by atoms with Crippen LogP contribution >= 0.6 is 0 Å². The molecule has 2 aliphatic heterocycles.